The Balaban J connectivity index is 2.38. The number of nitrogens with one attached hydrogen (secondary N) is 1. The Morgan fingerprint density at radius 1 is 1.33 bits per heavy atom. The molecule has 2 amide bonds. The van der Waals surface area contributed by atoms with Crippen molar-refractivity contribution in [2.45, 2.75) is 25.3 Å². The molecule has 1 unspecified atom stereocenters. The van der Waals surface area contributed by atoms with E-state index in [1.54, 1.807) is 0 Å². The number of carbonyl (C=O) groups excluding carboxylic acids is 2. The summed E-state index contributed by atoms with van der Waals surface area (Å²) in [6.07, 6.45) is 1.94. The Morgan fingerprint density at radius 2 is 2.05 bits per heavy atom. The van der Waals surface area contributed by atoms with Gasteiger partial charge in [0.1, 0.15) is 17.4 Å². The number of amides is 2. The molecule has 0 saturated carbocycles. The topological polar surface area (TPSA) is 75.4 Å². The van der Waals surface area contributed by atoms with Crippen molar-refractivity contribution in [3.8, 4) is 0 Å². The molecule has 0 aromatic heterocycles. The van der Waals surface area contributed by atoms with Crippen LogP contribution in [0.5, 0.6) is 0 Å². The van der Waals surface area contributed by atoms with Crippen LogP contribution in [-0.4, -0.2) is 36.3 Å². The van der Waals surface area contributed by atoms with Crippen LogP contribution in [0, 0.1) is 11.6 Å². The van der Waals surface area contributed by atoms with Gasteiger partial charge in [-0.05, 0) is 31.4 Å². The lowest BCUT2D eigenvalue weighted by atomic mass is 9.99. The highest BCUT2D eigenvalue weighted by Crippen LogP contribution is 2.24. The quantitative estimate of drug-likeness (QED) is 0.808. The molecule has 1 atom stereocenters. The van der Waals surface area contributed by atoms with Crippen molar-refractivity contribution in [3.63, 3.8) is 0 Å². The number of hydrogen-bond donors (Lipinski definition) is 2. The summed E-state index contributed by atoms with van der Waals surface area (Å²) in [5, 5.41) is 2.47. The summed E-state index contributed by atoms with van der Waals surface area (Å²) in [5.74, 6) is -3.24. The van der Waals surface area contributed by atoms with Gasteiger partial charge in [-0.2, -0.15) is 0 Å². The van der Waals surface area contributed by atoms with Crippen molar-refractivity contribution < 1.29 is 18.4 Å². The number of hydrogen-bond acceptors (Lipinski definition) is 3. The highest BCUT2D eigenvalue weighted by molar-refractivity contribution is 5.98. The molecule has 0 aliphatic carbocycles. The average Bonchev–Trinajstić information content (AvgIpc) is 2.50. The van der Waals surface area contributed by atoms with Gasteiger partial charge in [0, 0.05) is 13.6 Å². The lowest BCUT2D eigenvalue weighted by Gasteiger charge is -2.34. The first-order chi connectivity index (χ1) is 9.97. The van der Waals surface area contributed by atoms with Crippen LogP contribution >= 0.6 is 0 Å². The second-order valence-electron chi connectivity index (χ2n) is 4.95. The molecule has 5 nitrogen and oxygen atoms in total. The predicted molar refractivity (Wildman–Crippen MR) is 73.5 cm³/mol. The zero-order valence-electron chi connectivity index (χ0n) is 11.7. The number of nitrogens with two attached hydrogens (primary N) is 1. The van der Waals surface area contributed by atoms with E-state index in [-0.39, 0.29) is 18.1 Å². The minimum Gasteiger partial charge on any atom is -0.396 e. The highest BCUT2D eigenvalue weighted by atomic mass is 19.1. The Kier molecular flexibility index (Phi) is 4.40. The van der Waals surface area contributed by atoms with Gasteiger partial charge in [-0.3, -0.25) is 9.59 Å². The van der Waals surface area contributed by atoms with E-state index in [1.165, 1.54) is 11.9 Å². The van der Waals surface area contributed by atoms with E-state index in [0.29, 0.717) is 12.8 Å². The monoisotopic (exact) mass is 297 g/mol. The fraction of sp³-hybridized carbons (Fsp3) is 0.429. The largest absolute Gasteiger partial charge is 0.396 e. The summed E-state index contributed by atoms with van der Waals surface area (Å²) >= 11 is 0. The SMILES string of the molecule is CNC(=O)C1CCCCN1C(=O)c1c(F)ccc(N)c1F. The lowest BCUT2D eigenvalue weighted by molar-refractivity contribution is -0.126. The summed E-state index contributed by atoms with van der Waals surface area (Å²) in [4.78, 5) is 25.5. The molecule has 1 fully saturated rings. The van der Waals surface area contributed by atoms with Crippen molar-refractivity contribution in [3.05, 3.63) is 29.3 Å². The minimum absolute atomic E-state index is 0.282. The van der Waals surface area contributed by atoms with Crippen molar-refractivity contribution >= 4 is 17.5 Å². The number of nitrogen functional groups attached to an aromatic ring is 1. The molecule has 1 aromatic carbocycles. The number of carbonyl (C=O) groups is 2. The van der Waals surface area contributed by atoms with Gasteiger partial charge in [-0.15, -0.1) is 0 Å². The fourth-order valence-electron chi connectivity index (χ4n) is 2.52. The first-order valence-electron chi connectivity index (χ1n) is 6.73. The van der Waals surface area contributed by atoms with Gasteiger partial charge in [0.15, 0.2) is 5.82 Å². The molecule has 3 N–H and O–H groups in total. The number of nitrogens with zero attached hydrogens (tertiary/aromatic N) is 1. The summed E-state index contributed by atoms with van der Waals surface area (Å²) in [6, 6.07) is 1.30. The Hall–Kier alpha value is -2.18. The number of likely N-dealkylation sites (tertiary alicyclic amines) is 1. The van der Waals surface area contributed by atoms with Gasteiger partial charge < -0.3 is 16.0 Å². The van der Waals surface area contributed by atoms with E-state index < -0.39 is 29.1 Å². The molecule has 21 heavy (non-hydrogen) atoms. The second-order valence-corrected chi connectivity index (χ2v) is 4.95. The third-order valence-corrected chi connectivity index (χ3v) is 3.65. The van der Waals surface area contributed by atoms with Gasteiger partial charge in [-0.1, -0.05) is 0 Å². The third kappa shape index (κ3) is 2.81. The molecule has 0 radical (unpaired) electrons. The zero-order valence-corrected chi connectivity index (χ0v) is 11.7. The molecule has 0 spiro atoms. The van der Waals surface area contributed by atoms with Gasteiger partial charge in [0.25, 0.3) is 5.91 Å². The van der Waals surface area contributed by atoms with E-state index in [4.69, 9.17) is 5.73 Å². The number of benzene rings is 1. The minimum atomic E-state index is -1.08. The first-order valence-corrected chi connectivity index (χ1v) is 6.73. The van der Waals surface area contributed by atoms with Crippen molar-refractivity contribution in [2.75, 3.05) is 19.3 Å². The van der Waals surface area contributed by atoms with E-state index >= 15 is 0 Å². The smallest absolute Gasteiger partial charge is 0.260 e. The Labute approximate surface area is 121 Å². The highest BCUT2D eigenvalue weighted by Gasteiger charge is 2.34. The molecular weight excluding hydrogens is 280 g/mol. The van der Waals surface area contributed by atoms with Crippen molar-refractivity contribution in [1.29, 1.82) is 0 Å². The maximum absolute atomic E-state index is 14.0. The van der Waals surface area contributed by atoms with Gasteiger partial charge in [0.2, 0.25) is 5.91 Å². The molecule has 114 valence electrons. The first kappa shape index (κ1) is 15.2. The summed E-state index contributed by atoms with van der Waals surface area (Å²) in [7, 11) is 1.46. The molecule has 1 aromatic rings. The predicted octanol–water partition coefficient (Wildman–Crippen LogP) is 1.29. The van der Waals surface area contributed by atoms with Gasteiger partial charge in [-0.25, -0.2) is 8.78 Å². The molecule has 2 rings (SSSR count). The van der Waals surface area contributed by atoms with Crippen LogP contribution in [-0.2, 0) is 4.79 Å². The maximum Gasteiger partial charge on any atom is 0.260 e. The van der Waals surface area contributed by atoms with Crippen LogP contribution in [0.4, 0.5) is 14.5 Å². The third-order valence-electron chi connectivity index (χ3n) is 3.65. The maximum atomic E-state index is 14.0. The van der Waals surface area contributed by atoms with Gasteiger partial charge >= 0.3 is 0 Å². The van der Waals surface area contributed by atoms with Crippen LogP contribution < -0.4 is 11.1 Å². The molecule has 1 aliphatic heterocycles. The summed E-state index contributed by atoms with van der Waals surface area (Å²) in [5.41, 5.74) is 4.38. The van der Waals surface area contributed by atoms with Gasteiger partial charge in [0.05, 0.1) is 5.69 Å². The standard InChI is InChI=1S/C14H17F2N3O2/c1-18-13(20)10-4-2-3-7-19(10)14(21)11-8(15)5-6-9(17)12(11)16/h5-6,10H,2-4,7,17H2,1H3,(H,18,20). The molecule has 1 saturated heterocycles. The van der Waals surface area contributed by atoms with E-state index in [0.717, 1.165) is 18.6 Å². The Morgan fingerprint density at radius 3 is 2.71 bits per heavy atom. The number of likely N-dealkylation sites (N-methyl/N-ethyl adjacent to an activating group) is 1. The molecule has 7 heteroatoms. The number of rotatable bonds is 2. The van der Waals surface area contributed by atoms with Crippen LogP contribution in [0.3, 0.4) is 0 Å². The summed E-state index contributed by atoms with van der Waals surface area (Å²) < 4.78 is 27.8. The number of piperidine rings is 1. The second kappa shape index (κ2) is 6.07. The molecule has 1 heterocycles. The fourth-order valence-corrected chi connectivity index (χ4v) is 2.52. The van der Waals surface area contributed by atoms with E-state index in [9.17, 15) is 18.4 Å². The average molecular weight is 297 g/mol. The van der Waals surface area contributed by atoms with Crippen molar-refractivity contribution in [1.82, 2.24) is 10.2 Å². The Bertz CT molecular complexity index is 578. The molecule has 1 aliphatic rings. The normalized spacial score (nSPS) is 18.4. The molecular formula is C14H17F2N3O2. The lowest BCUT2D eigenvalue weighted by Crippen LogP contribution is -2.51. The van der Waals surface area contributed by atoms with Crippen LogP contribution in [0.2, 0.25) is 0 Å². The van der Waals surface area contributed by atoms with Crippen molar-refractivity contribution in [2.24, 2.45) is 0 Å². The van der Waals surface area contributed by atoms with Crippen LogP contribution in [0.15, 0.2) is 12.1 Å². The summed E-state index contributed by atoms with van der Waals surface area (Å²) in [6.45, 7) is 0.282. The number of halogens is 2. The van der Waals surface area contributed by atoms with E-state index in [2.05, 4.69) is 5.32 Å². The number of anilines is 1. The van der Waals surface area contributed by atoms with E-state index in [1.807, 2.05) is 0 Å². The van der Waals surface area contributed by atoms with Crippen LogP contribution in [0.25, 0.3) is 0 Å². The zero-order chi connectivity index (χ0) is 15.6. The van der Waals surface area contributed by atoms with Crippen LogP contribution in [0.1, 0.15) is 29.6 Å². The molecule has 0 bridgehead atoms.